The summed E-state index contributed by atoms with van der Waals surface area (Å²) in [4.78, 5) is 4.12. The SMILES string of the molecule is CC(C)(C)c1cccc(CC2CCCCC[C@@](C)(O)c3nnc(o3)-c3nc(c(C(F)(F)F)cc3N)O2)c1. The fourth-order valence-corrected chi connectivity index (χ4v) is 4.43. The molecule has 200 valence electrons. The summed E-state index contributed by atoms with van der Waals surface area (Å²) < 4.78 is 53.6. The summed E-state index contributed by atoms with van der Waals surface area (Å²) in [7, 11) is 0. The lowest BCUT2D eigenvalue weighted by atomic mass is 9.85. The van der Waals surface area contributed by atoms with Crippen molar-refractivity contribution in [3.8, 4) is 17.5 Å². The summed E-state index contributed by atoms with van der Waals surface area (Å²) in [5.41, 5.74) is 5.11. The molecular weight excluding hydrogens is 485 g/mol. The minimum atomic E-state index is -4.74. The molecule has 0 saturated carbocycles. The van der Waals surface area contributed by atoms with E-state index in [1.165, 1.54) is 0 Å². The zero-order valence-corrected chi connectivity index (χ0v) is 21.5. The summed E-state index contributed by atoms with van der Waals surface area (Å²) in [5.74, 6) is -0.810. The van der Waals surface area contributed by atoms with E-state index in [0.717, 1.165) is 23.6 Å². The molecule has 0 fully saturated rings. The van der Waals surface area contributed by atoms with Crippen molar-refractivity contribution in [2.75, 3.05) is 5.73 Å². The third-order valence-corrected chi connectivity index (χ3v) is 6.64. The van der Waals surface area contributed by atoms with Crippen LogP contribution in [0.2, 0.25) is 0 Å². The first kappa shape index (κ1) is 26.9. The molecule has 0 spiro atoms. The Balaban J connectivity index is 1.77. The number of anilines is 1. The normalized spacial score (nSPS) is 21.2. The van der Waals surface area contributed by atoms with Crippen LogP contribution < -0.4 is 10.5 Å². The van der Waals surface area contributed by atoms with Gasteiger partial charge < -0.3 is 20.0 Å². The lowest BCUT2D eigenvalue weighted by Gasteiger charge is -2.24. The Morgan fingerprint density at radius 2 is 1.86 bits per heavy atom. The zero-order valence-electron chi connectivity index (χ0n) is 21.5. The monoisotopic (exact) mass is 518 g/mol. The van der Waals surface area contributed by atoms with Crippen molar-refractivity contribution < 1.29 is 27.4 Å². The third-order valence-electron chi connectivity index (χ3n) is 6.64. The molecule has 4 rings (SSSR count). The molecule has 37 heavy (non-hydrogen) atoms. The van der Waals surface area contributed by atoms with Crippen LogP contribution in [0.15, 0.2) is 34.7 Å². The fourth-order valence-electron chi connectivity index (χ4n) is 4.43. The molecule has 2 aromatic heterocycles. The molecule has 0 amide bonds. The Bertz CT molecular complexity index is 1250. The molecule has 4 bridgehead atoms. The number of nitrogens with two attached hydrogens (primary N) is 1. The number of aromatic nitrogens is 3. The van der Waals surface area contributed by atoms with Gasteiger partial charge >= 0.3 is 6.18 Å². The molecule has 1 aliphatic heterocycles. The van der Waals surface area contributed by atoms with Gasteiger partial charge in [0.05, 0.1) is 5.69 Å². The number of nitrogen functional groups attached to an aromatic ring is 1. The summed E-state index contributed by atoms with van der Waals surface area (Å²) in [5, 5.41) is 18.6. The molecular formula is C27H33F3N4O3. The van der Waals surface area contributed by atoms with Gasteiger partial charge in [-0.25, -0.2) is 4.98 Å². The number of rotatable bonds is 2. The van der Waals surface area contributed by atoms with Crippen LogP contribution in [0.3, 0.4) is 0 Å². The van der Waals surface area contributed by atoms with Gasteiger partial charge in [0, 0.05) is 6.42 Å². The van der Waals surface area contributed by atoms with Crippen LogP contribution in [-0.4, -0.2) is 26.4 Å². The van der Waals surface area contributed by atoms with Gasteiger partial charge in [-0.15, -0.1) is 10.2 Å². The average molecular weight is 519 g/mol. The molecule has 1 unspecified atom stereocenters. The van der Waals surface area contributed by atoms with Gasteiger partial charge in [0.1, 0.15) is 17.3 Å². The van der Waals surface area contributed by atoms with Crippen molar-refractivity contribution >= 4 is 5.69 Å². The highest BCUT2D eigenvalue weighted by molar-refractivity contribution is 5.68. The van der Waals surface area contributed by atoms with E-state index in [4.69, 9.17) is 14.9 Å². The largest absolute Gasteiger partial charge is 0.474 e. The summed E-state index contributed by atoms with van der Waals surface area (Å²) in [6, 6.07) is 8.79. The highest BCUT2D eigenvalue weighted by atomic mass is 19.4. The van der Waals surface area contributed by atoms with Gasteiger partial charge in [-0.2, -0.15) is 13.2 Å². The maximum Gasteiger partial charge on any atom is 0.421 e. The number of hydrogen-bond donors (Lipinski definition) is 2. The van der Waals surface area contributed by atoms with E-state index in [-0.39, 0.29) is 28.6 Å². The van der Waals surface area contributed by atoms with Crippen molar-refractivity contribution in [2.24, 2.45) is 0 Å². The van der Waals surface area contributed by atoms with Gasteiger partial charge in [0.15, 0.2) is 5.69 Å². The van der Waals surface area contributed by atoms with Crippen LogP contribution in [0.25, 0.3) is 11.6 Å². The van der Waals surface area contributed by atoms with Crippen molar-refractivity contribution in [3.63, 3.8) is 0 Å². The van der Waals surface area contributed by atoms with Gasteiger partial charge in [-0.3, -0.25) is 0 Å². The average Bonchev–Trinajstić information content (AvgIpc) is 3.29. The highest BCUT2D eigenvalue weighted by Crippen LogP contribution is 2.40. The molecule has 3 heterocycles. The lowest BCUT2D eigenvalue weighted by Crippen LogP contribution is -2.24. The Kier molecular flexibility index (Phi) is 7.25. The molecule has 0 radical (unpaired) electrons. The van der Waals surface area contributed by atoms with Crippen molar-refractivity contribution in [2.45, 2.75) is 89.5 Å². The van der Waals surface area contributed by atoms with E-state index < -0.39 is 29.3 Å². The molecule has 0 aliphatic carbocycles. The third kappa shape index (κ3) is 6.23. The molecule has 1 aromatic carbocycles. The second-order valence-corrected chi connectivity index (χ2v) is 11.0. The van der Waals surface area contributed by atoms with E-state index in [9.17, 15) is 18.3 Å². The summed E-state index contributed by atoms with van der Waals surface area (Å²) in [6.07, 6.45) is -1.90. The Morgan fingerprint density at radius 1 is 1.11 bits per heavy atom. The number of halogens is 3. The smallest absolute Gasteiger partial charge is 0.421 e. The van der Waals surface area contributed by atoms with Gasteiger partial charge in [-0.1, -0.05) is 57.9 Å². The van der Waals surface area contributed by atoms with Crippen LogP contribution in [0.5, 0.6) is 5.88 Å². The predicted octanol–water partition coefficient (Wildman–Crippen LogP) is 6.19. The van der Waals surface area contributed by atoms with Crippen LogP contribution >= 0.6 is 0 Å². The molecule has 0 saturated heterocycles. The lowest BCUT2D eigenvalue weighted by molar-refractivity contribution is -0.139. The number of nitrogens with zero attached hydrogens (tertiary/aromatic N) is 3. The topological polar surface area (TPSA) is 107 Å². The fraction of sp³-hybridized carbons (Fsp3) is 0.519. The minimum Gasteiger partial charge on any atom is -0.474 e. The van der Waals surface area contributed by atoms with Crippen LogP contribution in [0, 0.1) is 0 Å². The quantitative estimate of drug-likeness (QED) is 0.416. The van der Waals surface area contributed by atoms with E-state index in [2.05, 4.69) is 42.0 Å². The first-order valence-electron chi connectivity index (χ1n) is 12.4. The van der Waals surface area contributed by atoms with Gasteiger partial charge in [0.2, 0.25) is 11.8 Å². The van der Waals surface area contributed by atoms with Gasteiger partial charge in [-0.05, 0) is 48.8 Å². The van der Waals surface area contributed by atoms with Crippen molar-refractivity contribution in [3.05, 3.63) is 52.9 Å². The van der Waals surface area contributed by atoms with E-state index in [1.54, 1.807) is 6.92 Å². The summed E-state index contributed by atoms with van der Waals surface area (Å²) >= 11 is 0. The number of benzene rings is 1. The van der Waals surface area contributed by atoms with Crippen LogP contribution in [0.4, 0.5) is 18.9 Å². The standard InChI is InChI=1S/C27H33F3N4O3/c1-25(2,3)17-10-8-9-16(13-17)14-18-11-6-5-7-12-26(4,35)24-34-33-23(37-24)21-20(31)15-19(27(28,29)30)22(32-21)36-18/h8-10,13,15,18,35H,5-7,11-12,14,31H2,1-4H3/t18?,26-/m1/s1. The molecule has 10 heteroatoms. The maximum atomic E-state index is 14.0. The van der Waals surface area contributed by atoms with Crippen LogP contribution in [0.1, 0.15) is 82.4 Å². The van der Waals surface area contributed by atoms with Crippen LogP contribution in [-0.2, 0) is 23.6 Å². The molecule has 1 aliphatic rings. The Morgan fingerprint density at radius 3 is 2.57 bits per heavy atom. The number of hydrogen-bond acceptors (Lipinski definition) is 7. The van der Waals surface area contributed by atoms with E-state index in [1.807, 2.05) is 18.2 Å². The highest BCUT2D eigenvalue weighted by Gasteiger charge is 2.38. The number of fused-ring (bicyclic) bond motifs is 5. The molecule has 3 aromatic rings. The van der Waals surface area contributed by atoms with Gasteiger partial charge in [0.25, 0.3) is 5.89 Å². The number of ether oxygens (including phenoxy) is 1. The minimum absolute atomic E-state index is 0.0419. The Hall–Kier alpha value is -3.14. The van der Waals surface area contributed by atoms with Crippen molar-refractivity contribution in [1.29, 1.82) is 0 Å². The first-order chi connectivity index (χ1) is 17.2. The molecule has 7 nitrogen and oxygen atoms in total. The maximum absolute atomic E-state index is 14.0. The second kappa shape index (κ2) is 9.96. The van der Waals surface area contributed by atoms with E-state index in [0.29, 0.717) is 32.1 Å². The summed E-state index contributed by atoms with van der Waals surface area (Å²) in [6.45, 7) is 7.89. The number of pyridine rings is 1. The Labute approximate surface area is 214 Å². The van der Waals surface area contributed by atoms with E-state index >= 15 is 0 Å². The second-order valence-electron chi connectivity index (χ2n) is 11.0. The number of aliphatic hydroxyl groups is 1. The first-order valence-corrected chi connectivity index (χ1v) is 12.4. The number of alkyl halides is 3. The zero-order chi connectivity index (χ0) is 27.0. The van der Waals surface area contributed by atoms with Crippen molar-refractivity contribution in [1.82, 2.24) is 15.2 Å². The predicted molar refractivity (Wildman–Crippen MR) is 133 cm³/mol. The molecule has 3 N–H and O–H groups in total. The molecule has 2 atom stereocenters.